The first-order chi connectivity index (χ1) is 15.6. The van der Waals surface area contributed by atoms with Gasteiger partial charge in [-0.3, -0.25) is 9.78 Å². The van der Waals surface area contributed by atoms with Crippen molar-refractivity contribution in [2.45, 2.75) is 18.2 Å². The molecule has 0 aliphatic carbocycles. The lowest BCUT2D eigenvalue weighted by atomic mass is 10.0. The minimum atomic E-state index is -3.54. The predicted octanol–water partition coefficient (Wildman–Crippen LogP) is 2.68. The van der Waals surface area contributed by atoms with Crippen LogP contribution in [0.25, 0.3) is 10.9 Å². The van der Waals surface area contributed by atoms with Crippen molar-refractivity contribution in [3.63, 3.8) is 0 Å². The lowest BCUT2D eigenvalue weighted by Crippen LogP contribution is -2.22. The molecule has 1 aromatic heterocycles. The Bertz CT molecular complexity index is 1350. The lowest BCUT2D eigenvalue weighted by Gasteiger charge is -2.26. The molecule has 0 fully saturated rings. The molecule has 174 valence electrons. The number of nitrogens with two attached hydrogens (primary N) is 1. The second-order valence-corrected chi connectivity index (χ2v) is 10.7. The molecule has 0 saturated carbocycles. The van der Waals surface area contributed by atoms with Crippen molar-refractivity contribution < 1.29 is 17.9 Å². The average molecular weight is 469 g/mol. The number of ether oxygens (including phenoxy) is 1. The summed E-state index contributed by atoms with van der Waals surface area (Å²) in [5.41, 5.74) is 9.72. The summed E-state index contributed by atoms with van der Waals surface area (Å²) in [6.07, 6.45) is 2.21. The summed E-state index contributed by atoms with van der Waals surface area (Å²) in [6, 6.07) is 9.01. The summed E-state index contributed by atoms with van der Waals surface area (Å²) in [4.78, 5) is 20.8. The highest BCUT2D eigenvalue weighted by atomic mass is 32.2. The highest BCUT2D eigenvalue weighted by Crippen LogP contribution is 2.40. The quantitative estimate of drug-likeness (QED) is 0.568. The van der Waals surface area contributed by atoms with E-state index in [1.807, 2.05) is 56.1 Å². The number of aromatic nitrogens is 1. The van der Waals surface area contributed by atoms with E-state index in [2.05, 4.69) is 4.98 Å². The van der Waals surface area contributed by atoms with Gasteiger partial charge in [-0.1, -0.05) is 6.07 Å². The van der Waals surface area contributed by atoms with Gasteiger partial charge in [0.15, 0.2) is 9.84 Å². The third-order valence-corrected chi connectivity index (χ3v) is 7.63. The van der Waals surface area contributed by atoms with Gasteiger partial charge in [0.1, 0.15) is 5.75 Å². The molecular weight excluding hydrogens is 440 g/mol. The third kappa shape index (κ3) is 4.26. The van der Waals surface area contributed by atoms with E-state index >= 15 is 0 Å². The number of carbonyl (C=O) groups is 1. The molecule has 8 nitrogen and oxygen atoms in total. The van der Waals surface area contributed by atoms with Gasteiger partial charge in [-0.2, -0.15) is 0 Å². The summed E-state index contributed by atoms with van der Waals surface area (Å²) in [6.45, 7) is 2.82. The molecule has 1 aliphatic rings. The predicted molar refractivity (Wildman–Crippen MR) is 129 cm³/mol. The zero-order valence-corrected chi connectivity index (χ0v) is 20.1. The fourth-order valence-electron chi connectivity index (χ4n) is 4.21. The Morgan fingerprint density at radius 3 is 2.67 bits per heavy atom. The highest BCUT2D eigenvalue weighted by molar-refractivity contribution is 7.91. The van der Waals surface area contributed by atoms with E-state index in [-0.39, 0.29) is 16.2 Å². The third-order valence-electron chi connectivity index (χ3n) is 5.95. The van der Waals surface area contributed by atoms with Crippen LogP contribution in [0, 0.1) is 6.92 Å². The van der Waals surface area contributed by atoms with Crippen LogP contribution in [0.3, 0.4) is 0 Å². The van der Waals surface area contributed by atoms with Crippen LogP contribution in [0.15, 0.2) is 41.4 Å². The Morgan fingerprint density at radius 2 is 1.97 bits per heavy atom. The topological polar surface area (TPSA) is 106 Å². The van der Waals surface area contributed by atoms with Gasteiger partial charge < -0.3 is 20.3 Å². The largest absolute Gasteiger partial charge is 0.493 e. The summed E-state index contributed by atoms with van der Waals surface area (Å²) in [5, 5.41) is 0.564. The molecule has 4 rings (SSSR count). The molecule has 2 aromatic carbocycles. The standard InChI is InChI=1S/C24H28N4O4S/c1-15-12-16(33(30,31)11-9-27(2)3)13-18-22(15)26-14-19(24(25)29)23(18)28(4)20-6-5-7-21-17(20)8-10-32-21/h5-7,12-14H,8-11H2,1-4H3,(H2,25,29). The fourth-order valence-corrected chi connectivity index (χ4v) is 5.71. The Balaban J connectivity index is 1.96. The monoisotopic (exact) mass is 468 g/mol. The molecule has 2 N–H and O–H groups in total. The van der Waals surface area contributed by atoms with Crippen molar-refractivity contribution in [2.75, 3.05) is 44.9 Å². The first kappa shape index (κ1) is 23.0. The maximum atomic E-state index is 13.1. The number of carbonyl (C=O) groups excluding carboxylic acids is 1. The molecule has 0 spiro atoms. The van der Waals surface area contributed by atoms with Crippen molar-refractivity contribution in [3.8, 4) is 5.75 Å². The number of nitrogens with zero attached hydrogens (tertiary/aromatic N) is 3. The number of hydrogen-bond donors (Lipinski definition) is 1. The van der Waals surface area contributed by atoms with Crippen molar-refractivity contribution in [2.24, 2.45) is 5.73 Å². The number of rotatable bonds is 7. The van der Waals surface area contributed by atoms with Gasteiger partial charge in [0, 0.05) is 42.8 Å². The minimum Gasteiger partial charge on any atom is -0.493 e. The zero-order chi connectivity index (χ0) is 23.9. The van der Waals surface area contributed by atoms with Gasteiger partial charge in [0.25, 0.3) is 5.91 Å². The molecule has 2 heterocycles. The van der Waals surface area contributed by atoms with E-state index in [4.69, 9.17) is 10.5 Å². The molecule has 0 unspecified atom stereocenters. The molecule has 33 heavy (non-hydrogen) atoms. The molecule has 0 saturated heterocycles. The lowest BCUT2D eigenvalue weighted by molar-refractivity contribution is 0.100. The SMILES string of the molecule is Cc1cc(S(=O)(=O)CCN(C)C)cc2c(N(C)c3cccc4c3CCO4)c(C(N)=O)cnc12. The molecular formula is C24H28N4O4S. The van der Waals surface area contributed by atoms with Crippen LogP contribution < -0.4 is 15.4 Å². The van der Waals surface area contributed by atoms with Crippen LogP contribution in [0.2, 0.25) is 0 Å². The van der Waals surface area contributed by atoms with Gasteiger partial charge >= 0.3 is 0 Å². The van der Waals surface area contributed by atoms with E-state index in [0.29, 0.717) is 35.3 Å². The Hall–Kier alpha value is -3.17. The molecule has 0 atom stereocenters. The Morgan fingerprint density at radius 1 is 1.21 bits per heavy atom. The molecule has 0 bridgehead atoms. The summed E-state index contributed by atoms with van der Waals surface area (Å²) in [5.74, 6) is 0.165. The number of sulfone groups is 1. The van der Waals surface area contributed by atoms with Gasteiger partial charge in [-0.05, 0) is 50.8 Å². The Kier molecular flexibility index (Phi) is 6.02. The number of aryl methyl sites for hydroxylation is 1. The number of benzene rings is 2. The summed E-state index contributed by atoms with van der Waals surface area (Å²) in [7, 11) is 1.97. The van der Waals surface area contributed by atoms with Crippen LogP contribution in [0.4, 0.5) is 11.4 Å². The van der Waals surface area contributed by atoms with Crippen molar-refractivity contribution >= 4 is 38.0 Å². The smallest absolute Gasteiger partial charge is 0.252 e. The second-order valence-electron chi connectivity index (χ2n) is 8.55. The fraction of sp³-hybridized carbons (Fsp3) is 0.333. The van der Waals surface area contributed by atoms with Crippen molar-refractivity contribution in [3.05, 3.63) is 53.2 Å². The normalized spacial score (nSPS) is 13.2. The van der Waals surface area contributed by atoms with E-state index in [1.54, 1.807) is 12.1 Å². The van der Waals surface area contributed by atoms with Crippen molar-refractivity contribution in [1.82, 2.24) is 9.88 Å². The number of pyridine rings is 1. The van der Waals surface area contributed by atoms with Crippen LogP contribution in [-0.4, -0.2) is 64.3 Å². The highest BCUT2D eigenvalue weighted by Gasteiger charge is 2.25. The molecule has 0 radical (unpaired) electrons. The van der Waals surface area contributed by atoms with Crippen LogP contribution in [0.1, 0.15) is 21.5 Å². The van der Waals surface area contributed by atoms with Crippen LogP contribution in [-0.2, 0) is 16.3 Å². The van der Waals surface area contributed by atoms with Gasteiger partial charge in [-0.25, -0.2) is 8.42 Å². The number of anilines is 2. The number of primary amides is 1. The van der Waals surface area contributed by atoms with E-state index in [9.17, 15) is 13.2 Å². The number of hydrogen-bond acceptors (Lipinski definition) is 7. The number of fused-ring (bicyclic) bond motifs is 2. The first-order valence-electron chi connectivity index (χ1n) is 10.7. The van der Waals surface area contributed by atoms with Crippen molar-refractivity contribution in [1.29, 1.82) is 0 Å². The maximum Gasteiger partial charge on any atom is 0.252 e. The molecule has 9 heteroatoms. The zero-order valence-electron chi connectivity index (χ0n) is 19.3. The van der Waals surface area contributed by atoms with Gasteiger partial charge in [0.2, 0.25) is 0 Å². The van der Waals surface area contributed by atoms with Crippen LogP contribution >= 0.6 is 0 Å². The number of amides is 1. The van der Waals surface area contributed by atoms with E-state index in [0.717, 1.165) is 23.4 Å². The average Bonchev–Trinajstić information content (AvgIpc) is 3.25. The van der Waals surface area contributed by atoms with E-state index in [1.165, 1.54) is 6.20 Å². The van der Waals surface area contributed by atoms with Gasteiger partial charge in [0.05, 0.1) is 34.0 Å². The van der Waals surface area contributed by atoms with E-state index < -0.39 is 15.7 Å². The minimum absolute atomic E-state index is 0.0113. The Labute approximate surface area is 193 Å². The summed E-state index contributed by atoms with van der Waals surface area (Å²) >= 11 is 0. The maximum absolute atomic E-state index is 13.1. The second kappa shape index (κ2) is 8.64. The molecule has 3 aromatic rings. The molecule has 1 aliphatic heterocycles. The molecule has 1 amide bonds. The first-order valence-corrected chi connectivity index (χ1v) is 12.3. The van der Waals surface area contributed by atoms with Gasteiger partial charge in [-0.15, -0.1) is 0 Å². The summed E-state index contributed by atoms with van der Waals surface area (Å²) < 4.78 is 31.9. The van der Waals surface area contributed by atoms with Crippen LogP contribution in [0.5, 0.6) is 5.75 Å².